The first-order valence-electron chi connectivity index (χ1n) is 16.2. The van der Waals surface area contributed by atoms with Crippen LogP contribution in [-0.4, -0.2) is 15.8 Å². The molecule has 0 saturated carbocycles. The minimum Gasteiger partial charge on any atom is -0.453 e. The van der Waals surface area contributed by atoms with Crippen LogP contribution in [0.3, 0.4) is 0 Å². The number of aromatic nitrogens is 2. The van der Waals surface area contributed by atoms with Gasteiger partial charge in [-0.25, -0.2) is 0 Å². The molecular formula is C42H24BN3O. The Morgan fingerprint density at radius 3 is 1.45 bits per heavy atom. The molecule has 0 unspecified atom stereocenters. The maximum Gasteiger partial charge on any atom is 0.252 e. The molecule has 9 aromatic rings. The number of hydrogen-bond acceptors (Lipinski definition) is 2. The van der Waals surface area contributed by atoms with Crippen molar-refractivity contribution in [2.45, 2.75) is 0 Å². The van der Waals surface area contributed by atoms with E-state index < -0.39 is 0 Å². The van der Waals surface area contributed by atoms with Crippen LogP contribution in [0.15, 0.2) is 146 Å². The van der Waals surface area contributed by atoms with Gasteiger partial charge in [0.05, 0.1) is 28.1 Å². The Hall–Kier alpha value is -6.20. The molecule has 5 heteroatoms. The standard InChI is InChI=1S/C42H24BN3O/c1-3-17-32-26(11-1)28-13-9-15-30-41(28)45(32)36-23-25(44-34-19-5-7-21-38(34)47-39-22-8-6-20-35(39)44)24-37-40(36)43(30)31-16-10-14-29-27-12-2-4-18-33(27)46(37)42(29)31/h1-24H. The first-order valence-corrected chi connectivity index (χ1v) is 16.2. The molecule has 216 valence electrons. The smallest absolute Gasteiger partial charge is 0.252 e. The Morgan fingerprint density at radius 1 is 0.426 bits per heavy atom. The number of para-hydroxylation sites is 8. The fourth-order valence-corrected chi connectivity index (χ4v) is 8.92. The first kappa shape index (κ1) is 24.1. The van der Waals surface area contributed by atoms with Crippen molar-refractivity contribution in [2.75, 3.05) is 4.90 Å². The Bertz CT molecular complexity index is 2670. The second-order valence-corrected chi connectivity index (χ2v) is 12.9. The lowest BCUT2D eigenvalue weighted by atomic mass is 9.34. The van der Waals surface area contributed by atoms with Crippen molar-refractivity contribution >= 4 is 83.8 Å². The predicted octanol–water partition coefficient (Wildman–Crippen LogP) is 8.60. The number of ether oxygens (including phenoxy) is 1. The average Bonchev–Trinajstić information content (AvgIpc) is 3.65. The highest BCUT2D eigenvalue weighted by Gasteiger charge is 2.41. The molecule has 3 aliphatic heterocycles. The van der Waals surface area contributed by atoms with Crippen molar-refractivity contribution < 1.29 is 4.74 Å². The quantitative estimate of drug-likeness (QED) is 0.177. The summed E-state index contributed by atoms with van der Waals surface area (Å²) in [5, 5.41) is 5.17. The van der Waals surface area contributed by atoms with Gasteiger partial charge in [0, 0.05) is 44.0 Å². The van der Waals surface area contributed by atoms with Gasteiger partial charge in [0.15, 0.2) is 11.5 Å². The average molecular weight is 597 g/mol. The van der Waals surface area contributed by atoms with Gasteiger partial charge in [-0.3, -0.25) is 0 Å². The minimum atomic E-state index is 0.110. The van der Waals surface area contributed by atoms with Crippen LogP contribution in [0.1, 0.15) is 0 Å². The van der Waals surface area contributed by atoms with E-state index in [0.29, 0.717) is 0 Å². The molecule has 2 aromatic heterocycles. The summed E-state index contributed by atoms with van der Waals surface area (Å²) < 4.78 is 11.5. The van der Waals surface area contributed by atoms with Gasteiger partial charge in [-0.05, 0) is 64.9 Å². The number of anilines is 3. The molecule has 7 aromatic carbocycles. The van der Waals surface area contributed by atoms with Crippen molar-refractivity contribution in [1.82, 2.24) is 9.13 Å². The molecule has 0 aliphatic carbocycles. The summed E-state index contributed by atoms with van der Waals surface area (Å²) in [7, 11) is 0. The van der Waals surface area contributed by atoms with Crippen LogP contribution in [0.2, 0.25) is 0 Å². The van der Waals surface area contributed by atoms with Crippen LogP contribution in [0, 0.1) is 0 Å². The summed E-state index contributed by atoms with van der Waals surface area (Å²) in [6, 6.07) is 53.1. The van der Waals surface area contributed by atoms with Gasteiger partial charge in [0.2, 0.25) is 0 Å². The zero-order valence-electron chi connectivity index (χ0n) is 25.2. The topological polar surface area (TPSA) is 22.3 Å². The van der Waals surface area contributed by atoms with Crippen molar-refractivity contribution in [2.24, 2.45) is 0 Å². The van der Waals surface area contributed by atoms with Gasteiger partial charge in [-0.15, -0.1) is 0 Å². The number of fused-ring (bicyclic) bond motifs is 12. The predicted molar refractivity (Wildman–Crippen MR) is 195 cm³/mol. The lowest BCUT2D eigenvalue weighted by molar-refractivity contribution is 0.477. The number of benzene rings is 7. The highest BCUT2D eigenvalue weighted by Crippen LogP contribution is 2.51. The maximum atomic E-state index is 6.45. The Morgan fingerprint density at radius 2 is 0.894 bits per heavy atom. The lowest BCUT2D eigenvalue weighted by Crippen LogP contribution is -2.59. The second kappa shape index (κ2) is 8.33. The summed E-state index contributed by atoms with van der Waals surface area (Å²) in [5.74, 6) is 1.71. The van der Waals surface area contributed by atoms with E-state index >= 15 is 0 Å². The van der Waals surface area contributed by atoms with Gasteiger partial charge < -0.3 is 18.8 Å². The number of nitrogens with zero attached hydrogens (tertiary/aromatic N) is 3. The van der Waals surface area contributed by atoms with Gasteiger partial charge in [-0.2, -0.15) is 0 Å². The summed E-state index contributed by atoms with van der Waals surface area (Å²) in [5.41, 5.74) is 14.8. The number of rotatable bonds is 1. The lowest BCUT2D eigenvalue weighted by Gasteiger charge is -2.37. The third-order valence-electron chi connectivity index (χ3n) is 10.7. The van der Waals surface area contributed by atoms with Crippen LogP contribution < -0.4 is 26.0 Å². The molecule has 12 rings (SSSR count). The highest BCUT2D eigenvalue weighted by molar-refractivity contribution is 7.00. The van der Waals surface area contributed by atoms with E-state index in [0.717, 1.165) is 28.6 Å². The van der Waals surface area contributed by atoms with Gasteiger partial charge in [0.25, 0.3) is 6.71 Å². The van der Waals surface area contributed by atoms with E-state index in [2.05, 4.69) is 147 Å². The monoisotopic (exact) mass is 597 g/mol. The summed E-state index contributed by atoms with van der Waals surface area (Å²) >= 11 is 0. The van der Waals surface area contributed by atoms with Crippen LogP contribution in [-0.2, 0) is 0 Å². The number of hydrogen-bond donors (Lipinski definition) is 0. The Balaban J connectivity index is 1.30. The van der Waals surface area contributed by atoms with Crippen molar-refractivity contribution in [3.05, 3.63) is 146 Å². The van der Waals surface area contributed by atoms with E-state index in [-0.39, 0.29) is 6.71 Å². The minimum absolute atomic E-state index is 0.110. The van der Waals surface area contributed by atoms with E-state index in [9.17, 15) is 0 Å². The molecule has 0 bridgehead atoms. The summed E-state index contributed by atoms with van der Waals surface area (Å²) in [6.07, 6.45) is 0. The second-order valence-electron chi connectivity index (χ2n) is 12.9. The SMILES string of the molecule is c1ccc2c(c1)Oc1ccccc1N2c1cc2c3c(c1)-n1c4ccccc4c4cccc(c41)B3c1cccc3c4ccccc4n-2c13. The molecule has 0 N–H and O–H groups in total. The van der Waals surface area contributed by atoms with Crippen LogP contribution in [0.4, 0.5) is 17.1 Å². The van der Waals surface area contributed by atoms with Crippen LogP contribution >= 0.6 is 0 Å². The molecular weight excluding hydrogens is 573 g/mol. The highest BCUT2D eigenvalue weighted by atomic mass is 16.5. The first-order chi connectivity index (χ1) is 23.3. The third kappa shape index (κ3) is 2.83. The van der Waals surface area contributed by atoms with E-state index in [1.54, 1.807) is 0 Å². The molecule has 0 amide bonds. The fourth-order valence-electron chi connectivity index (χ4n) is 8.92. The molecule has 3 aliphatic rings. The van der Waals surface area contributed by atoms with Crippen molar-refractivity contribution in [1.29, 1.82) is 0 Å². The maximum absolute atomic E-state index is 6.45. The van der Waals surface area contributed by atoms with E-state index in [1.807, 2.05) is 12.1 Å². The van der Waals surface area contributed by atoms with Crippen LogP contribution in [0.25, 0.3) is 55.0 Å². The molecule has 47 heavy (non-hydrogen) atoms. The molecule has 0 radical (unpaired) electrons. The fraction of sp³-hybridized carbons (Fsp3) is 0. The Kier molecular flexibility index (Phi) is 4.27. The molecule has 0 spiro atoms. The van der Waals surface area contributed by atoms with Gasteiger partial charge in [0.1, 0.15) is 0 Å². The third-order valence-corrected chi connectivity index (χ3v) is 10.7. The zero-order chi connectivity index (χ0) is 30.4. The van der Waals surface area contributed by atoms with Gasteiger partial charge >= 0.3 is 0 Å². The van der Waals surface area contributed by atoms with Crippen LogP contribution in [0.5, 0.6) is 11.5 Å². The molecule has 0 saturated heterocycles. The van der Waals surface area contributed by atoms with E-state index in [4.69, 9.17) is 4.74 Å². The Labute approximate surface area is 270 Å². The zero-order valence-corrected chi connectivity index (χ0v) is 25.2. The van der Waals surface area contributed by atoms with Crippen molar-refractivity contribution in [3.63, 3.8) is 0 Å². The largest absolute Gasteiger partial charge is 0.453 e. The van der Waals surface area contributed by atoms with Crippen molar-refractivity contribution in [3.8, 4) is 22.9 Å². The summed E-state index contributed by atoms with van der Waals surface area (Å²) in [6.45, 7) is 0.110. The molecule has 5 heterocycles. The molecule has 0 fully saturated rings. The molecule has 4 nitrogen and oxygen atoms in total. The summed E-state index contributed by atoms with van der Waals surface area (Å²) in [4.78, 5) is 2.38. The van der Waals surface area contributed by atoms with Gasteiger partial charge in [-0.1, -0.05) is 97.1 Å². The van der Waals surface area contributed by atoms with E-state index in [1.165, 1.54) is 71.4 Å². The normalized spacial score (nSPS) is 13.6. The molecule has 0 atom stereocenters.